The SMILES string of the molecule is COCc1nc(C2CC(N)C2)cc(N(C)CCc2scnc2C)n1. The highest BCUT2D eigenvalue weighted by molar-refractivity contribution is 7.09. The van der Waals surface area contributed by atoms with E-state index >= 15 is 0 Å². The lowest BCUT2D eigenvalue weighted by Gasteiger charge is -2.32. The van der Waals surface area contributed by atoms with E-state index < -0.39 is 0 Å². The predicted octanol–water partition coefficient (Wildman–Crippen LogP) is 2.27. The molecule has 2 N–H and O–H groups in total. The fourth-order valence-electron chi connectivity index (χ4n) is 2.95. The third-order valence-electron chi connectivity index (χ3n) is 4.56. The highest BCUT2D eigenvalue weighted by Gasteiger charge is 2.29. The van der Waals surface area contributed by atoms with Crippen molar-refractivity contribution in [3.8, 4) is 0 Å². The van der Waals surface area contributed by atoms with Crippen molar-refractivity contribution >= 4 is 17.2 Å². The molecule has 1 saturated carbocycles. The zero-order chi connectivity index (χ0) is 17.1. The van der Waals surface area contributed by atoms with Crippen molar-refractivity contribution in [2.24, 2.45) is 5.73 Å². The molecular weight excluding hydrogens is 322 g/mol. The number of hydrogen-bond donors (Lipinski definition) is 1. The van der Waals surface area contributed by atoms with E-state index in [4.69, 9.17) is 10.5 Å². The molecule has 2 aromatic heterocycles. The molecule has 0 unspecified atom stereocenters. The Kier molecular flexibility index (Phi) is 5.43. The van der Waals surface area contributed by atoms with Crippen molar-refractivity contribution in [1.82, 2.24) is 15.0 Å². The van der Waals surface area contributed by atoms with Crippen molar-refractivity contribution in [1.29, 1.82) is 0 Å². The number of aryl methyl sites for hydroxylation is 1. The molecule has 6 nitrogen and oxygen atoms in total. The van der Waals surface area contributed by atoms with Crippen LogP contribution in [0.25, 0.3) is 0 Å². The number of anilines is 1. The van der Waals surface area contributed by atoms with Gasteiger partial charge in [-0.2, -0.15) is 0 Å². The van der Waals surface area contributed by atoms with Crippen LogP contribution >= 0.6 is 11.3 Å². The maximum Gasteiger partial charge on any atom is 0.156 e. The van der Waals surface area contributed by atoms with E-state index in [2.05, 4.69) is 39.9 Å². The largest absolute Gasteiger partial charge is 0.377 e. The van der Waals surface area contributed by atoms with Gasteiger partial charge in [0, 0.05) is 55.7 Å². The summed E-state index contributed by atoms with van der Waals surface area (Å²) in [5.74, 6) is 2.15. The minimum absolute atomic E-state index is 0.311. The zero-order valence-corrected chi connectivity index (χ0v) is 15.3. The lowest BCUT2D eigenvalue weighted by molar-refractivity contribution is 0.177. The van der Waals surface area contributed by atoms with Crippen molar-refractivity contribution < 1.29 is 4.74 Å². The Bertz CT molecular complexity index is 683. The molecule has 0 bridgehead atoms. The first-order valence-corrected chi connectivity index (χ1v) is 9.17. The highest BCUT2D eigenvalue weighted by Crippen LogP contribution is 2.35. The molecule has 2 aromatic rings. The quantitative estimate of drug-likeness (QED) is 0.828. The molecule has 1 aliphatic carbocycles. The summed E-state index contributed by atoms with van der Waals surface area (Å²) in [4.78, 5) is 17.1. The van der Waals surface area contributed by atoms with Gasteiger partial charge in [0.05, 0.1) is 11.2 Å². The third kappa shape index (κ3) is 3.91. The monoisotopic (exact) mass is 347 g/mol. The van der Waals surface area contributed by atoms with Crippen LogP contribution in [0.4, 0.5) is 5.82 Å². The first-order chi connectivity index (χ1) is 11.6. The molecule has 0 spiro atoms. The standard InChI is InChI=1S/C17H25N5OS/c1-11-15(24-10-19-11)4-5-22(2)17-8-14(12-6-13(18)7-12)20-16(21-17)9-23-3/h8,10,12-13H,4-7,9,18H2,1-3H3. The third-order valence-corrected chi connectivity index (χ3v) is 5.55. The van der Waals surface area contributed by atoms with Crippen LogP contribution < -0.4 is 10.6 Å². The molecule has 0 amide bonds. The van der Waals surface area contributed by atoms with Gasteiger partial charge in [-0.05, 0) is 19.8 Å². The van der Waals surface area contributed by atoms with Gasteiger partial charge in [-0.3, -0.25) is 0 Å². The van der Waals surface area contributed by atoms with Crippen molar-refractivity contribution in [3.63, 3.8) is 0 Å². The van der Waals surface area contributed by atoms with E-state index in [1.165, 1.54) is 4.88 Å². The molecule has 1 aliphatic rings. The second-order valence-electron chi connectivity index (χ2n) is 6.46. The minimum atomic E-state index is 0.311. The Hall–Kier alpha value is -1.57. The van der Waals surface area contributed by atoms with Gasteiger partial charge in [0.2, 0.25) is 0 Å². The van der Waals surface area contributed by atoms with Gasteiger partial charge in [-0.25, -0.2) is 15.0 Å². The zero-order valence-electron chi connectivity index (χ0n) is 14.5. The molecule has 1 fully saturated rings. The van der Waals surface area contributed by atoms with Crippen LogP contribution in [0.5, 0.6) is 0 Å². The van der Waals surface area contributed by atoms with Crippen LogP contribution in [-0.4, -0.2) is 41.7 Å². The van der Waals surface area contributed by atoms with Crippen LogP contribution in [0.1, 0.15) is 40.8 Å². The summed E-state index contributed by atoms with van der Waals surface area (Å²) in [7, 11) is 3.75. The molecule has 0 atom stereocenters. The van der Waals surface area contributed by atoms with Crippen LogP contribution in [0.15, 0.2) is 11.6 Å². The number of nitrogens with zero attached hydrogens (tertiary/aromatic N) is 4. The van der Waals surface area contributed by atoms with Gasteiger partial charge < -0.3 is 15.4 Å². The maximum atomic E-state index is 5.93. The summed E-state index contributed by atoms with van der Waals surface area (Å²) < 4.78 is 5.23. The van der Waals surface area contributed by atoms with E-state index in [-0.39, 0.29) is 0 Å². The number of nitrogens with two attached hydrogens (primary N) is 1. The number of thiazole rings is 1. The van der Waals surface area contributed by atoms with Gasteiger partial charge in [-0.15, -0.1) is 11.3 Å². The molecule has 7 heteroatoms. The minimum Gasteiger partial charge on any atom is -0.377 e. The molecule has 0 aromatic carbocycles. The lowest BCUT2D eigenvalue weighted by atomic mass is 9.78. The summed E-state index contributed by atoms with van der Waals surface area (Å²) in [5, 5.41) is 0. The number of likely N-dealkylation sites (N-methyl/N-ethyl adjacent to an activating group) is 1. The van der Waals surface area contributed by atoms with E-state index in [0.717, 1.165) is 48.8 Å². The molecule has 0 radical (unpaired) electrons. The molecule has 24 heavy (non-hydrogen) atoms. The average molecular weight is 347 g/mol. The van der Waals surface area contributed by atoms with Gasteiger partial charge in [0.1, 0.15) is 12.4 Å². The first-order valence-electron chi connectivity index (χ1n) is 8.29. The summed E-state index contributed by atoms with van der Waals surface area (Å²) >= 11 is 1.71. The number of methoxy groups -OCH3 is 1. The number of rotatable bonds is 7. The fraction of sp³-hybridized carbons (Fsp3) is 0.588. The van der Waals surface area contributed by atoms with Gasteiger partial charge in [0.15, 0.2) is 5.82 Å². The maximum absolute atomic E-state index is 5.93. The topological polar surface area (TPSA) is 77.2 Å². The number of hydrogen-bond acceptors (Lipinski definition) is 7. The van der Waals surface area contributed by atoms with Crippen molar-refractivity contribution in [2.75, 3.05) is 25.6 Å². The van der Waals surface area contributed by atoms with Gasteiger partial charge >= 0.3 is 0 Å². The average Bonchev–Trinajstić information content (AvgIpc) is 2.94. The summed E-state index contributed by atoms with van der Waals surface area (Å²) in [5.41, 5.74) is 10.1. The van der Waals surface area contributed by atoms with Gasteiger partial charge in [0.25, 0.3) is 0 Å². The van der Waals surface area contributed by atoms with E-state index in [9.17, 15) is 0 Å². The highest BCUT2D eigenvalue weighted by atomic mass is 32.1. The molecule has 130 valence electrons. The first kappa shape index (κ1) is 17.3. The van der Waals surface area contributed by atoms with Crippen LogP contribution in [-0.2, 0) is 17.8 Å². The van der Waals surface area contributed by atoms with Crippen LogP contribution in [0.2, 0.25) is 0 Å². The fourth-order valence-corrected chi connectivity index (χ4v) is 3.73. The Morgan fingerprint density at radius 2 is 2.17 bits per heavy atom. The summed E-state index contributed by atoms with van der Waals surface area (Å²) in [6, 6.07) is 2.42. The molecular formula is C17H25N5OS. The van der Waals surface area contributed by atoms with E-state index in [0.29, 0.717) is 18.6 Å². The van der Waals surface area contributed by atoms with E-state index in [1.807, 2.05) is 5.51 Å². The molecule has 0 saturated heterocycles. The Morgan fingerprint density at radius 3 is 2.79 bits per heavy atom. The smallest absolute Gasteiger partial charge is 0.156 e. The predicted molar refractivity (Wildman–Crippen MR) is 96.5 cm³/mol. The molecule has 0 aliphatic heterocycles. The van der Waals surface area contributed by atoms with Crippen LogP contribution in [0, 0.1) is 6.92 Å². The van der Waals surface area contributed by atoms with Gasteiger partial charge in [-0.1, -0.05) is 0 Å². The Labute approximate surface area is 147 Å². The second-order valence-corrected chi connectivity index (χ2v) is 7.40. The normalized spacial score (nSPS) is 20.0. The van der Waals surface area contributed by atoms with Crippen LogP contribution in [0.3, 0.4) is 0 Å². The van der Waals surface area contributed by atoms with E-state index in [1.54, 1.807) is 18.4 Å². The van der Waals surface area contributed by atoms with Crippen molar-refractivity contribution in [3.05, 3.63) is 33.7 Å². The number of ether oxygens (including phenoxy) is 1. The lowest BCUT2D eigenvalue weighted by Crippen LogP contribution is -2.35. The summed E-state index contributed by atoms with van der Waals surface area (Å²) in [6.45, 7) is 3.39. The van der Waals surface area contributed by atoms with Crippen molar-refractivity contribution in [2.45, 2.75) is 44.8 Å². The second kappa shape index (κ2) is 7.55. The Morgan fingerprint density at radius 1 is 1.38 bits per heavy atom. The molecule has 2 heterocycles. The number of aromatic nitrogens is 3. The summed E-state index contributed by atoms with van der Waals surface area (Å²) in [6.07, 6.45) is 2.99. The Balaban J connectivity index is 1.73. The molecule has 3 rings (SSSR count).